The highest BCUT2D eigenvalue weighted by Crippen LogP contribution is 2.26. The second kappa shape index (κ2) is 9.35. The summed E-state index contributed by atoms with van der Waals surface area (Å²) in [5.74, 6) is 7.29. The average Bonchev–Trinajstić information content (AvgIpc) is 3.32. The van der Waals surface area contributed by atoms with E-state index in [1.54, 1.807) is 44.1 Å². The van der Waals surface area contributed by atoms with Crippen LogP contribution in [0, 0.1) is 11.8 Å². The number of nitrogens with two attached hydrogens (primary N) is 1. The number of primary amides is 1. The van der Waals surface area contributed by atoms with Gasteiger partial charge in [-0.1, -0.05) is 5.92 Å². The Kier molecular flexibility index (Phi) is 7.15. The Labute approximate surface area is 170 Å². The van der Waals surface area contributed by atoms with Gasteiger partial charge in [0.15, 0.2) is 5.69 Å². The highest BCUT2D eigenvalue weighted by atomic mass is 35.5. The van der Waals surface area contributed by atoms with E-state index in [0.717, 1.165) is 19.5 Å². The maximum Gasteiger partial charge on any atom is 0.255 e. The van der Waals surface area contributed by atoms with Gasteiger partial charge in [-0.2, -0.15) is 5.10 Å². The van der Waals surface area contributed by atoms with Crippen molar-refractivity contribution in [2.45, 2.75) is 12.5 Å². The largest absolute Gasteiger partial charge is 0.497 e. The Morgan fingerprint density at radius 2 is 1.96 bits per heavy atom. The number of nitrogens with one attached hydrogen (secondary N) is 2. The second-order valence-corrected chi connectivity index (χ2v) is 6.13. The minimum Gasteiger partial charge on any atom is -0.497 e. The normalized spacial score (nSPS) is 15.2. The third-order valence-electron chi connectivity index (χ3n) is 4.45. The zero-order valence-corrected chi connectivity index (χ0v) is 16.9. The molecule has 0 radical (unpaired) electrons. The van der Waals surface area contributed by atoms with Crippen LogP contribution in [0.4, 0.5) is 5.82 Å². The molecule has 1 fully saturated rings. The summed E-state index contributed by atoms with van der Waals surface area (Å²) in [7, 11) is 4.90. The van der Waals surface area contributed by atoms with E-state index in [4.69, 9.17) is 15.2 Å². The fourth-order valence-corrected chi connectivity index (χ4v) is 3.12. The Hall–Kier alpha value is -2.89. The van der Waals surface area contributed by atoms with Crippen molar-refractivity contribution in [2.24, 2.45) is 5.73 Å². The third-order valence-corrected chi connectivity index (χ3v) is 4.45. The van der Waals surface area contributed by atoms with Crippen molar-refractivity contribution >= 4 is 24.1 Å². The Morgan fingerprint density at radius 3 is 2.46 bits per heavy atom. The predicted octanol–water partition coefficient (Wildman–Crippen LogP) is 1.40. The van der Waals surface area contributed by atoms with E-state index in [9.17, 15) is 4.79 Å². The molecule has 28 heavy (non-hydrogen) atoms. The molecule has 0 saturated carbocycles. The van der Waals surface area contributed by atoms with Crippen LogP contribution in [0.3, 0.4) is 0 Å². The minimum absolute atomic E-state index is 0. The molecule has 2 aromatic rings. The van der Waals surface area contributed by atoms with Gasteiger partial charge in [0, 0.05) is 25.2 Å². The van der Waals surface area contributed by atoms with E-state index in [0.29, 0.717) is 34.1 Å². The minimum atomic E-state index is -0.566. The number of hydrogen-bond acceptors (Lipinski definition) is 6. The van der Waals surface area contributed by atoms with E-state index in [1.165, 1.54) is 0 Å². The van der Waals surface area contributed by atoms with Gasteiger partial charge < -0.3 is 25.8 Å². The number of carbonyl (C=O) groups excluding carboxylic acids is 1. The topological polar surface area (TPSA) is 103 Å². The maximum absolute atomic E-state index is 12.0. The first-order valence-corrected chi connectivity index (χ1v) is 8.63. The SMILES string of the molecule is CNc1c(C(N)=O)c(C#Cc2cc(OC)cc(OC)c2)nn1[C@H]1CCNC1.Cl. The molecule has 1 aromatic heterocycles. The summed E-state index contributed by atoms with van der Waals surface area (Å²) in [6.07, 6.45) is 0.925. The van der Waals surface area contributed by atoms with E-state index in [2.05, 4.69) is 27.6 Å². The number of amides is 1. The van der Waals surface area contributed by atoms with Crippen molar-refractivity contribution in [3.8, 4) is 23.3 Å². The van der Waals surface area contributed by atoms with Crippen molar-refractivity contribution in [3.63, 3.8) is 0 Å². The molecule has 2 heterocycles. The Morgan fingerprint density at radius 1 is 1.29 bits per heavy atom. The van der Waals surface area contributed by atoms with Crippen LogP contribution < -0.4 is 25.8 Å². The number of carbonyl (C=O) groups is 1. The molecule has 9 heteroatoms. The quantitative estimate of drug-likeness (QED) is 0.649. The summed E-state index contributed by atoms with van der Waals surface area (Å²) in [6, 6.07) is 5.49. The van der Waals surface area contributed by atoms with Crippen molar-refractivity contribution in [3.05, 3.63) is 35.0 Å². The van der Waals surface area contributed by atoms with Crippen LogP contribution in [0.1, 0.15) is 34.1 Å². The molecule has 1 aliphatic heterocycles. The summed E-state index contributed by atoms with van der Waals surface area (Å²) in [5, 5.41) is 10.9. The summed E-state index contributed by atoms with van der Waals surface area (Å²) in [6.45, 7) is 1.69. The lowest BCUT2D eigenvalue weighted by Gasteiger charge is -2.13. The van der Waals surface area contributed by atoms with E-state index >= 15 is 0 Å². The number of aromatic nitrogens is 2. The fraction of sp³-hybridized carbons (Fsp3) is 0.368. The highest BCUT2D eigenvalue weighted by molar-refractivity contribution is 6.00. The molecular formula is C19H24ClN5O3. The molecule has 4 N–H and O–H groups in total. The van der Waals surface area contributed by atoms with E-state index in [-0.39, 0.29) is 18.4 Å². The van der Waals surface area contributed by atoms with Gasteiger partial charge in [-0.25, -0.2) is 4.68 Å². The zero-order chi connectivity index (χ0) is 19.4. The molecule has 1 amide bonds. The number of hydrogen-bond donors (Lipinski definition) is 3. The molecule has 1 saturated heterocycles. The van der Waals surface area contributed by atoms with Crippen molar-refractivity contribution in [1.29, 1.82) is 0 Å². The summed E-state index contributed by atoms with van der Waals surface area (Å²) in [5.41, 5.74) is 6.94. The van der Waals surface area contributed by atoms with Crippen molar-refractivity contribution in [1.82, 2.24) is 15.1 Å². The van der Waals surface area contributed by atoms with Gasteiger partial charge in [0.1, 0.15) is 22.9 Å². The number of methoxy groups -OCH3 is 2. The Balaban J connectivity index is 0.00000280. The lowest BCUT2D eigenvalue weighted by atomic mass is 10.1. The first-order valence-electron chi connectivity index (χ1n) is 8.63. The van der Waals surface area contributed by atoms with E-state index in [1.807, 2.05) is 0 Å². The summed E-state index contributed by atoms with van der Waals surface area (Å²) < 4.78 is 12.3. The number of anilines is 1. The van der Waals surface area contributed by atoms with Gasteiger partial charge in [0.05, 0.1) is 20.3 Å². The van der Waals surface area contributed by atoms with Crippen molar-refractivity contribution in [2.75, 3.05) is 39.7 Å². The molecule has 0 aliphatic carbocycles. The molecular weight excluding hydrogens is 382 g/mol. The number of rotatable bonds is 5. The van der Waals surface area contributed by atoms with Crippen LogP contribution in [-0.2, 0) is 0 Å². The standard InChI is InChI=1S/C19H23N5O3.ClH/c1-21-19-17(18(20)25)16(23-24(19)13-6-7-22-11-13)5-4-12-8-14(26-2)10-15(9-12)27-3;/h8-10,13,21-22H,6-7,11H2,1-3H3,(H2,20,25);1H/t13-;/m0./s1. The first kappa shape index (κ1) is 21.4. The maximum atomic E-state index is 12.0. The Bertz CT molecular complexity index is 888. The van der Waals surface area contributed by atoms with Crippen LogP contribution in [0.5, 0.6) is 11.5 Å². The number of halogens is 1. The molecule has 1 aliphatic rings. The molecule has 3 rings (SSSR count). The molecule has 8 nitrogen and oxygen atoms in total. The molecule has 1 atom stereocenters. The monoisotopic (exact) mass is 405 g/mol. The van der Waals surface area contributed by atoms with Crippen LogP contribution in [-0.4, -0.2) is 50.0 Å². The average molecular weight is 406 g/mol. The zero-order valence-electron chi connectivity index (χ0n) is 16.0. The van der Waals surface area contributed by atoms with Gasteiger partial charge in [0.25, 0.3) is 5.91 Å². The summed E-state index contributed by atoms with van der Waals surface area (Å²) >= 11 is 0. The molecule has 0 unspecified atom stereocenters. The van der Waals surface area contributed by atoms with Crippen molar-refractivity contribution < 1.29 is 14.3 Å². The van der Waals surface area contributed by atoms with Gasteiger partial charge in [-0.15, -0.1) is 12.4 Å². The number of benzene rings is 1. The van der Waals surface area contributed by atoms with Crippen LogP contribution >= 0.6 is 12.4 Å². The van der Waals surface area contributed by atoms with E-state index < -0.39 is 5.91 Å². The predicted molar refractivity (Wildman–Crippen MR) is 110 cm³/mol. The van der Waals surface area contributed by atoms with Gasteiger partial charge in [-0.05, 0) is 31.0 Å². The molecule has 150 valence electrons. The first-order chi connectivity index (χ1) is 13.1. The second-order valence-electron chi connectivity index (χ2n) is 6.13. The van der Waals surface area contributed by atoms with Gasteiger partial charge in [-0.3, -0.25) is 4.79 Å². The molecule has 0 spiro atoms. The molecule has 0 bridgehead atoms. The highest BCUT2D eigenvalue weighted by Gasteiger charge is 2.26. The summed E-state index contributed by atoms with van der Waals surface area (Å²) in [4.78, 5) is 12.0. The van der Waals surface area contributed by atoms with Gasteiger partial charge >= 0.3 is 0 Å². The van der Waals surface area contributed by atoms with Crippen LogP contribution in [0.2, 0.25) is 0 Å². The van der Waals surface area contributed by atoms with Crippen LogP contribution in [0.25, 0.3) is 0 Å². The van der Waals surface area contributed by atoms with Gasteiger partial charge in [0.2, 0.25) is 0 Å². The molecule has 1 aromatic carbocycles. The number of ether oxygens (including phenoxy) is 2. The smallest absolute Gasteiger partial charge is 0.255 e. The van der Waals surface area contributed by atoms with Crippen LogP contribution in [0.15, 0.2) is 18.2 Å². The lowest BCUT2D eigenvalue weighted by molar-refractivity contribution is 0.100. The third kappa shape index (κ3) is 4.32. The number of nitrogens with zero attached hydrogens (tertiary/aromatic N) is 2. The fourth-order valence-electron chi connectivity index (χ4n) is 3.12. The lowest BCUT2D eigenvalue weighted by Crippen LogP contribution is -2.18.